The van der Waals surface area contributed by atoms with Crippen molar-refractivity contribution in [2.45, 2.75) is 19.3 Å². The maximum absolute atomic E-state index is 12.1. The molecule has 102 valence electrons. The van der Waals surface area contributed by atoms with Crippen LogP contribution in [-0.4, -0.2) is 19.4 Å². The summed E-state index contributed by atoms with van der Waals surface area (Å²) >= 11 is 0. The summed E-state index contributed by atoms with van der Waals surface area (Å²) in [7, 11) is 0. The average molecular weight is 271 g/mol. The average Bonchev–Trinajstić information content (AvgIpc) is 2.24. The van der Waals surface area contributed by atoms with Crippen LogP contribution in [0.4, 0.5) is 22.0 Å². The van der Waals surface area contributed by atoms with Gasteiger partial charge in [0.2, 0.25) is 0 Å². The van der Waals surface area contributed by atoms with Crippen LogP contribution in [0.5, 0.6) is 11.5 Å². The van der Waals surface area contributed by atoms with Crippen LogP contribution < -0.4 is 15.2 Å². The van der Waals surface area contributed by atoms with Gasteiger partial charge in [-0.3, -0.25) is 0 Å². The molecule has 18 heavy (non-hydrogen) atoms. The molecule has 3 nitrogen and oxygen atoms in total. The third-order valence-electron chi connectivity index (χ3n) is 1.86. The Balaban J connectivity index is 2.87. The summed E-state index contributed by atoms with van der Waals surface area (Å²) in [6.45, 7) is -1.09. The smallest absolute Gasteiger partial charge is 0.488 e. The SMILES string of the molecule is NCc1ccc(OCC(F)F)cc1OC(F)(F)F. The van der Waals surface area contributed by atoms with E-state index < -0.39 is 25.1 Å². The Kier molecular flexibility index (Phi) is 4.71. The third kappa shape index (κ3) is 4.74. The van der Waals surface area contributed by atoms with Gasteiger partial charge in [0.05, 0.1) is 0 Å². The highest BCUT2D eigenvalue weighted by atomic mass is 19.4. The van der Waals surface area contributed by atoms with E-state index in [4.69, 9.17) is 5.73 Å². The molecular formula is C10H10F5NO2. The van der Waals surface area contributed by atoms with E-state index in [0.29, 0.717) is 0 Å². The summed E-state index contributed by atoms with van der Waals surface area (Å²) in [5.74, 6) is -0.705. The molecule has 0 unspecified atom stereocenters. The Morgan fingerprint density at radius 2 is 1.89 bits per heavy atom. The van der Waals surface area contributed by atoms with Gasteiger partial charge >= 0.3 is 6.36 Å². The zero-order chi connectivity index (χ0) is 13.8. The first-order valence-corrected chi connectivity index (χ1v) is 4.81. The van der Waals surface area contributed by atoms with Crippen molar-refractivity contribution in [1.29, 1.82) is 0 Å². The summed E-state index contributed by atoms with van der Waals surface area (Å²) in [5.41, 5.74) is 5.33. The molecule has 0 radical (unpaired) electrons. The monoisotopic (exact) mass is 271 g/mol. The standard InChI is InChI=1S/C10H10F5NO2/c11-9(12)5-17-7-2-1-6(4-16)8(3-7)18-10(13,14)15/h1-3,9H,4-5,16H2. The first-order valence-electron chi connectivity index (χ1n) is 4.81. The van der Waals surface area contributed by atoms with Crippen molar-refractivity contribution in [3.05, 3.63) is 23.8 Å². The number of ether oxygens (including phenoxy) is 2. The number of hydrogen-bond acceptors (Lipinski definition) is 3. The van der Waals surface area contributed by atoms with Gasteiger partial charge in [-0.05, 0) is 6.07 Å². The molecule has 0 spiro atoms. The molecule has 0 fully saturated rings. The van der Waals surface area contributed by atoms with Crippen LogP contribution in [0.25, 0.3) is 0 Å². The second kappa shape index (κ2) is 5.85. The molecule has 0 atom stereocenters. The Bertz CT molecular complexity index is 394. The van der Waals surface area contributed by atoms with Crippen LogP contribution >= 0.6 is 0 Å². The van der Waals surface area contributed by atoms with Crippen molar-refractivity contribution < 1.29 is 31.4 Å². The first-order chi connectivity index (χ1) is 8.31. The molecule has 0 aromatic heterocycles. The van der Waals surface area contributed by atoms with Crippen molar-refractivity contribution in [2.75, 3.05) is 6.61 Å². The van der Waals surface area contributed by atoms with Crippen LogP contribution in [0.15, 0.2) is 18.2 Å². The van der Waals surface area contributed by atoms with Gasteiger partial charge in [-0.2, -0.15) is 0 Å². The summed E-state index contributed by atoms with van der Waals surface area (Å²) in [6.07, 6.45) is -7.60. The van der Waals surface area contributed by atoms with Crippen molar-refractivity contribution in [3.63, 3.8) is 0 Å². The summed E-state index contributed by atoms with van der Waals surface area (Å²) in [5, 5.41) is 0. The van der Waals surface area contributed by atoms with E-state index >= 15 is 0 Å². The maximum atomic E-state index is 12.1. The number of nitrogens with two attached hydrogens (primary N) is 1. The minimum atomic E-state index is -4.88. The number of alkyl halides is 5. The van der Waals surface area contributed by atoms with E-state index in [1.54, 1.807) is 0 Å². The Morgan fingerprint density at radius 1 is 1.22 bits per heavy atom. The lowest BCUT2D eigenvalue weighted by Crippen LogP contribution is -2.19. The number of halogens is 5. The molecule has 0 aliphatic carbocycles. The topological polar surface area (TPSA) is 44.5 Å². The molecule has 0 bridgehead atoms. The highest BCUT2D eigenvalue weighted by molar-refractivity contribution is 5.40. The fourth-order valence-electron chi connectivity index (χ4n) is 1.17. The highest BCUT2D eigenvalue weighted by Gasteiger charge is 2.32. The van der Waals surface area contributed by atoms with Crippen LogP contribution in [0, 0.1) is 0 Å². The second-order valence-electron chi connectivity index (χ2n) is 3.22. The van der Waals surface area contributed by atoms with E-state index in [1.807, 2.05) is 0 Å². The lowest BCUT2D eigenvalue weighted by atomic mass is 10.2. The Morgan fingerprint density at radius 3 is 2.39 bits per heavy atom. The molecule has 0 saturated carbocycles. The fourth-order valence-corrected chi connectivity index (χ4v) is 1.17. The van der Waals surface area contributed by atoms with Gasteiger partial charge < -0.3 is 15.2 Å². The van der Waals surface area contributed by atoms with Gasteiger partial charge in [-0.1, -0.05) is 6.07 Å². The molecule has 2 N–H and O–H groups in total. The van der Waals surface area contributed by atoms with Crippen LogP contribution in [0.2, 0.25) is 0 Å². The minimum absolute atomic E-state index is 0.0942. The first kappa shape index (κ1) is 14.5. The van der Waals surface area contributed by atoms with Crippen molar-refractivity contribution in [2.24, 2.45) is 5.73 Å². The predicted molar refractivity (Wildman–Crippen MR) is 52.5 cm³/mol. The van der Waals surface area contributed by atoms with Crippen LogP contribution in [0.3, 0.4) is 0 Å². The van der Waals surface area contributed by atoms with Gasteiger partial charge in [0.15, 0.2) is 0 Å². The van der Waals surface area contributed by atoms with E-state index in [-0.39, 0.29) is 17.9 Å². The van der Waals surface area contributed by atoms with E-state index in [0.717, 1.165) is 6.07 Å². The molecule has 0 aliphatic heterocycles. The fraction of sp³-hybridized carbons (Fsp3) is 0.400. The number of benzene rings is 1. The Hall–Kier alpha value is -1.57. The largest absolute Gasteiger partial charge is 0.573 e. The van der Waals surface area contributed by atoms with Gasteiger partial charge in [0, 0.05) is 18.2 Å². The zero-order valence-electron chi connectivity index (χ0n) is 9.01. The van der Waals surface area contributed by atoms with Gasteiger partial charge in [-0.25, -0.2) is 8.78 Å². The molecule has 0 saturated heterocycles. The summed E-state index contributed by atoms with van der Waals surface area (Å²) in [4.78, 5) is 0. The normalized spacial score (nSPS) is 11.7. The van der Waals surface area contributed by atoms with Crippen LogP contribution in [-0.2, 0) is 6.54 Å². The van der Waals surface area contributed by atoms with E-state index in [2.05, 4.69) is 9.47 Å². The molecule has 1 rings (SSSR count). The lowest BCUT2D eigenvalue weighted by molar-refractivity contribution is -0.274. The summed E-state index contributed by atoms with van der Waals surface area (Å²) in [6, 6.07) is 3.34. The van der Waals surface area contributed by atoms with Crippen molar-refractivity contribution >= 4 is 0 Å². The molecule has 0 heterocycles. The maximum Gasteiger partial charge on any atom is 0.573 e. The van der Waals surface area contributed by atoms with Gasteiger partial charge in [0.25, 0.3) is 6.43 Å². The van der Waals surface area contributed by atoms with Crippen molar-refractivity contribution in [3.8, 4) is 11.5 Å². The third-order valence-corrected chi connectivity index (χ3v) is 1.86. The molecule has 8 heteroatoms. The quantitative estimate of drug-likeness (QED) is 0.837. The van der Waals surface area contributed by atoms with Crippen LogP contribution in [0.1, 0.15) is 5.56 Å². The predicted octanol–water partition coefficient (Wildman–Crippen LogP) is 2.69. The molecule has 1 aromatic carbocycles. The zero-order valence-corrected chi connectivity index (χ0v) is 9.01. The molecule has 0 aliphatic rings. The second-order valence-corrected chi connectivity index (χ2v) is 3.22. The minimum Gasteiger partial charge on any atom is -0.488 e. The van der Waals surface area contributed by atoms with E-state index in [1.165, 1.54) is 12.1 Å². The van der Waals surface area contributed by atoms with Crippen molar-refractivity contribution in [1.82, 2.24) is 0 Å². The Labute approximate surface area is 99.3 Å². The van der Waals surface area contributed by atoms with E-state index in [9.17, 15) is 22.0 Å². The van der Waals surface area contributed by atoms with Gasteiger partial charge in [-0.15, -0.1) is 13.2 Å². The highest BCUT2D eigenvalue weighted by Crippen LogP contribution is 2.30. The number of rotatable bonds is 5. The lowest BCUT2D eigenvalue weighted by Gasteiger charge is -2.14. The summed E-state index contributed by atoms with van der Waals surface area (Å²) < 4.78 is 68.3. The molecule has 1 aromatic rings. The number of hydrogen-bond donors (Lipinski definition) is 1. The molecular weight excluding hydrogens is 261 g/mol. The van der Waals surface area contributed by atoms with Gasteiger partial charge in [0.1, 0.15) is 18.1 Å². The molecule has 0 amide bonds.